The summed E-state index contributed by atoms with van der Waals surface area (Å²) in [5.74, 6) is 3.44. The van der Waals surface area contributed by atoms with Crippen molar-refractivity contribution in [3.8, 4) is 11.5 Å². The number of carbonyl (C=O) groups excluding carboxylic acids is 1. The molecule has 0 bridgehead atoms. The third-order valence-electron chi connectivity index (χ3n) is 4.91. The van der Waals surface area contributed by atoms with Crippen LogP contribution in [0.4, 0.5) is 11.5 Å². The third kappa shape index (κ3) is 3.53. The smallest absolute Gasteiger partial charge is 0.171 e. The minimum absolute atomic E-state index is 0.0329. The van der Waals surface area contributed by atoms with E-state index in [0.717, 1.165) is 29.4 Å². The van der Waals surface area contributed by atoms with E-state index in [1.165, 1.54) is 0 Å². The van der Waals surface area contributed by atoms with Crippen molar-refractivity contribution >= 4 is 29.0 Å². The Kier molecular flexibility index (Phi) is 5.16. The molecule has 3 heterocycles. The van der Waals surface area contributed by atoms with Gasteiger partial charge in [0.05, 0.1) is 32.9 Å². The molecule has 8 heteroatoms. The highest BCUT2D eigenvalue weighted by atomic mass is 16.5. The molecular formula is C21H23N5O3. The maximum absolute atomic E-state index is 12.9. The van der Waals surface area contributed by atoms with Crippen molar-refractivity contribution in [1.82, 2.24) is 9.88 Å². The minimum Gasteiger partial charge on any atom is -0.493 e. The highest BCUT2D eigenvalue weighted by molar-refractivity contribution is 6.21. The monoisotopic (exact) mass is 393 g/mol. The summed E-state index contributed by atoms with van der Waals surface area (Å²) in [6.07, 6.45) is 1.78. The SMILES string of the molecule is CCNc1ccc(C(=O)CC2=Nc3cc(OC)c(OC)cc3C3=NCCN23)cn1. The average molecular weight is 393 g/mol. The second-order valence-electron chi connectivity index (χ2n) is 6.67. The Labute approximate surface area is 169 Å². The molecule has 2 aliphatic heterocycles. The first kappa shape index (κ1) is 18.9. The van der Waals surface area contributed by atoms with Gasteiger partial charge in [-0.2, -0.15) is 0 Å². The second-order valence-corrected chi connectivity index (χ2v) is 6.67. The van der Waals surface area contributed by atoms with Gasteiger partial charge in [0.25, 0.3) is 0 Å². The van der Waals surface area contributed by atoms with Crippen molar-refractivity contribution < 1.29 is 14.3 Å². The van der Waals surface area contributed by atoms with Gasteiger partial charge in [0, 0.05) is 36.5 Å². The van der Waals surface area contributed by atoms with Crippen LogP contribution in [0.25, 0.3) is 0 Å². The van der Waals surface area contributed by atoms with E-state index >= 15 is 0 Å². The van der Waals surface area contributed by atoms with E-state index in [1.807, 2.05) is 30.0 Å². The zero-order valence-corrected chi connectivity index (χ0v) is 16.7. The van der Waals surface area contributed by atoms with E-state index in [1.54, 1.807) is 26.5 Å². The Morgan fingerprint density at radius 3 is 2.69 bits per heavy atom. The number of ketones is 1. The molecule has 150 valence electrons. The summed E-state index contributed by atoms with van der Waals surface area (Å²) < 4.78 is 10.8. The molecule has 0 amide bonds. The first-order valence-electron chi connectivity index (χ1n) is 9.53. The standard InChI is InChI=1S/C21H23N5O3/c1-4-22-19-6-5-13(12-24-19)16(27)11-20-25-15-10-18(29-3)17(28-2)9-14(15)21-23-7-8-26(20)21/h5-6,9-10,12H,4,7-8,11H2,1-3H3,(H,22,24). The lowest BCUT2D eigenvalue weighted by Crippen LogP contribution is -2.38. The van der Waals surface area contributed by atoms with Gasteiger partial charge in [0.2, 0.25) is 0 Å². The molecule has 0 fully saturated rings. The fraction of sp³-hybridized carbons (Fsp3) is 0.333. The summed E-state index contributed by atoms with van der Waals surface area (Å²) in [4.78, 5) is 28.5. The Hall–Kier alpha value is -3.42. The number of aromatic nitrogens is 1. The number of rotatable bonds is 7. The molecule has 29 heavy (non-hydrogen) atoms. The normalized spacial score (nSPS) is 14.5. The van der Waals surface area contributed by atoms with Gasteiger partial charge in [-0.3, -0.25) is 9.79 Å². The molecule has 1 aromatic carbocycles. The van der Waals surface area contributed by atoms with Crippen molar-refractivity contribution in [3.05, 3.63) is 41.6 Å². The highest BCUT2D eigenvalue weighted by Crippen LogP contribution is 2.38. The van der Waals surface area contributed by atoms with Crippen LogP contribution >= 0.6 is 0 Å². The zero-order valence-electron chi connectivity index (χ0n) is 16.7. The average Bonchev–Trinajstić information content (AvgIpc) is 3.24. The van der Waals surface area contributed by atoms with Crippen LogP contribution < -0.4 is 14.8 Å². The number of amidine groups is 2. The number of anilines is 1. The number of Topliss-reactive ketones (excluding diaryl/α,β-unsaturated/α-hetero) is 1. The van der Waals surface area contributed by atoms with Crippen LogP contribution in [0.3, 0.4) is 0 Å². The van der Waals surface area contributed by atoms with Crippen molar-refractivity contribution in [3.63, 3.8) is 0 Å². The van der Waals surface area contributed by atoms with Crippen molar-refractivity contribution in [1.29, 1.82) is 0 Å². The molecule has 1 N–H and O–H groups in total. The van der Waals surface area contributed by atoms with Crippen LogP contribution in [-0.4, -0.2) is 61.2 Å². The van der Waals surface area contributed by atoms with Crippen LogP contribution in [0.5, 0.6) is 11.5 Å². The second kappa shape index (κ2) is 7.90. The number of ether oxygens (including phenoxy) is 2. The van der Waals surface area contributed by atoms with Crippen LogP contribution in [0.1, 0.15) is 29.3 Å². The van der Waals surface area contributed by atoms with Crippen molar-refractivity contribution in [2.75, 3.05) is 39.2 Å². The highest BCUT2D eigenvalue weighted by Gasteiger charge is 2.31. The molecule has 0 spiro atoms. The number of pyridine rings is 1. The summed E-state index contributed by atoms with van der Waals surface area (Å²) in [5.41, 5.74) is 2.17. The number of nitrogens with zero attached hydrogens (tertiary/aromatic N) is 4. The lowest BCUT2D eigenvalue weighted by atomic mass is 10.0. The van der Waals surface area contributed by atoms with E-state index < -0.39 is 0 Å². The quantitative estimate of drug-likeness (QED) is 0.728. The molecule has 0 radical (unpaired) electrons. The topological polar surface area (TPSA) is 88.4 Å². The number of hydrogen-bond donors (Lipinski definition) is 1. The predicted octanol–water partition coefficient (Wildman–Crippen LogP) is 2.91. The van der Waals surface area contributed by atoms with E-state index in [9.17, 15) is 4.79 Å². The maximum Gasteiger partial charge on any atom is 0.171 e. The third-order valence-corrected chi connectivity index (χ3v) is 4.91. The van der Waals surface area contributed by atoms with E-state index in [4.69, 9.17) is 14.5 Å². The van der Waals surface area contributed by atoms with Crippen molar-refractivity contribution in [2.45, 2.75) is 13.3 Å². The van der Waals surface area contributed by atoms with Gasteiger partial charge in [0.1, 0.15) is 17.5 Å². The fourth-order valence-corrected chi connectivity index (χ4v) is 3.49. The summed E-state index contributed by atoms with van der Waals surface area (Å²) in [6, 6.07) is 7.31. The number of fused-ring (bicyclic) bond motifs is 3. The fourth-order valence-electron chi connectivity index (χ4n) is 3.49. The number of hydrogen-bond acceptors (Lipinski definition) is 8. The molecule has 0 saturated carbocycles. The Balaban J connectivity index is 1.64. The molecule has 1 aromatic heterocycles. The molecule has 2 aromatic rings. The number of aliphatic imine (C=N–C) groups is 2. The summed E-state index contributed by atoms with van der Waals surface area (Å²) in [5, 5.41) is 3.12. The molecular weight excluding hydrogens is 370 g/mol. The van der Waals surface area contributed by atoms with Gasteiger partial charge < -0.3 is 19.7 Å². The molecule has 8 nitrogen and oxygen atoms in total. The predicted molar refractivity (Wildman–Crippen MR) is 112 cm³/mol. The minimum atomic E-state index is -0.0329. The van der Waals surface area contributed by atoms with Gasteiger partial charge in [0.15, 0.2) is 17.3 Å². The first-order valence-corrected chi connectivity index (χ1v) is 9.53. The molecule has 2 aliphatic rings. The van der Waals surface area contributed by atoms with Crippen molar-refractivity contribution in [2.24, 2.45) is 9.98 Å². The Bertz CT molecular complexity index is 998. The summed E-state index contributed by atoms with van der Waals surface area (Å²) in [6.45, 7) is 4.14. The number of methoxy groups -OCH3 is 2. The van der Waals surface area contributed by atoms with Crippen LogP contribution in [-0.2, 0) is 0 Å². The van der Waals surface area contributed by atoms with Gasteiger partial charge in [-0.15, -0.1) is 0 Å². The number of benzene rings is 1. The van der Waals surface area contributed by atoms with Gasteiger partial charge in [-0.05, 0) is 25.1 Å². The van der Waals surface area contributed by atoms with Crippen LogP contribution in [0, 0.1) is 0 Å². The first-order chi connectivity index (χ1) is 14.1. The number of carbonyl (C=O) groups is 1. The summed E-state index contributed by atoms with van der Waals surface area (Å²) >= 11 is 0. The van der Waals surface area contributed by atoms with Gasteiger partial charge >= 0.3 is 0 Å². The zero-order chi connectivity index (χ0) is 20.4. The van der Waals surface area contributed by atoms with Crippen LogP contribution in [0.2, 0.25) is 0 Å². The Morgan fingerprint density at radius 1 is 1.21 bits per heavy atom. The molecule has 4 rings (SSSR count). The maximum atomic E-state index is 12.9. The van der Waals surface area contributed by atoms with Gasteiger partial charge in [-0.25, -0.2) is 9.98 Å². The van der Waals surface area contributed by atoms with E-state index in [0.29, 0.717) is 36.0 Å². The van der Waals surface area contributed by atoms with E-state index in [2.05, 4.69) is 15.3 Å². The molecule has 0 aliphatic carbocycles. The summed E-state index contributed by atoms with van der Waals surface area (Å²) in [7, 11) is 3.19. The largest absolute Gasteiger partial charge is 0.493 e. The van der Waals surface area contributed by atoms with Gasteiger partial charge in [-0.1, -0.05) is 0 Å². The number of nitrogens with one attached hydrogen (secondary N) is 1. The lowest BCUT2D eigenvalue weighted by molar-refractivity contribution is 0.0998. The van der Waals surface area contributed by atoms with E-state index in [-0.39, 0.29) is 12.2 Å². The molecule has 0 unspecified atom stereocenters. The van der Waals surface area contributed by atoms with Crippen LogP contribution in [0.15, 0.2) is 40.4 Å². The molecule has 0 atom stereocenters. The molecule has 0 saturated heterocycles. The lowest BCUT2D eigenvalue weighted by Gasteiger charge is -2.28. The Morgan fingerprint density at radius 2 is 2.00 bits per heavy atom.